The molecule has 3 rings (SSSR count). The molecule has 6 nitrogen and oxygen atoms in total. The van der Waals surface area contributed by atoms with Crippen LogP contribution in [0.25, 0.3) is 5.69 Å². The highest BCUT2D eigenvalue weighted by atomic mass is 16.2. The van der Waals surface area contributed by atoms with Gasteiger partial charge in [-0.2, -0.15) is 5.10 Å². The molecule has 6 heteroatoms. The zero-order valence-corrected chi connectivity index (χ0v) is 14.4. The smallest absolute Gasteiger partial charge is 0.319 e. The van der Waals surface area contributed by atoms with Crippen molar-refractivity contribution in [3.8, 4) is 5.69 Å². The molecule has 0 aliphatic rings. The Hall–Kier alpha value is -3.15. The fourth-order valence-electron chi connectivity index (χ4n) is 2.68. The second-order valence-electron chi connectivity index (χ2n) is 5.73. The van der Waals surface area contributed by atoms with Gasteiger partial charge in [0, 0.05) is 18.9 Å². The minimum absolute atomic E-state index is 0.261. The normalized spacial score (nSPS) is 10.5. The molecule has 0 spiro atoms. The zero-order chi connectivity index (χ0) is 17.6. The number of amides is 2. The molecule has 2 N–H and O–H groups in total. The summed E-state index contributed by atoms with van der Waals surface area (Å²) >= 11 is 0. The molecular formula is C19H21N5O. The van der Waals surface area contributed by atoms with E-state index in [4.69, 9.17) is 0 Å². The second kappa shape index (κ2) is 7.61. The Morgan fingerprint density at radius 1 is 1.16 bits per heavy atom. The Morgan fingerprint density at radius 2 is 2.00 bits per heavy atom. The molecule has 1 aromatic carbocycles. The van der Waals surface area contributed by atoms with Crippen LogP contribution in [0.5, 0.6) is 0 Å². The van der Waals surface area contributed by atoms with E-state index in [0.717, 1.165) is 34.6 Å². The number of pyridine rings is 1. The number of rotatable bonds is 5. The molecule has 0 saturated carbocycles. The van der Waals surface area contributed by atoms with E-state index in [1.807, 2.05) is 54.9 Å². The average Bonchev–Trinajstić information content (AvgIpc) is 3.03. The first kappa shape index (κ1) is 16.7. The van der Waals surface area contributed by atoms with Crippen molar-refractivity contribution in [2.45, 2.75) is 26.8 Å². The van der Waals surface area contributed by atoms with E-state index in [9.17, 15) is 4.79 Å². The number of anilines is 1. The Bertz CT molecular complexity index is 857. The third kappa shape index (κ3) is 3.85. The number of carbonyl (C=O) groups is 1. The highest BCUT2D eigenvalue weighted by Gasteiger charge is 2.14. The van der Waals surface area contributed by atoms with E-state index in [1.165, 1.54) is 0 Å². The van der Waals surface area contributed by atoms with E-state index in [-0.39, 0.29) is 6.03 Å². The van der Waals surface area contributed by atoms with Gasteiger partial charge in [0.2, 0.25) is 0 Å². The lowest BCUT2D eigenvalue weighted by molar-refractivity contribution is 0.251. The minimum Gasteiger partial charge on any atom is -0.334 e. The molecule has 3 aromatic rings. The molecule has 0 unspecified atom stereocenters. The lowest BCUT2D eigenvalue weighted by atomic mass is 10.2. The number of aryl methyl sites for hydroxylation is 1. The van der Waals surface area contributed by atoms with Crippen LogP contribution in [-0.2, 0) is 13.0 Å². The van der Waals surface area contributed by atoms with Gasteiger partial charge in [-0.15, -0.1) is 0 Å². The van der Waals surface area contributed by atoms with E-state index in [0.29, 0.717) is 6.54 Å². The van der Waals surface area contributed by atoms with Gasteiger partial charge >= 0.3 is 6.03 Å². The molecule has 0 aliphatic heterocycles. The minimum atomic E-state index is -0.261. The standard InChI is InChI=1S/C19H21N5O/c1-3-17-16(13-22-24(17)18-9-5-4-7-14(18)2)23-19(25)21-12-15-8-6-10-20-11-15/h4-11,13H,3,12H2,1-2H3,(H2,21,23,25). The van der Waals surface area contributed by atoms with Crippen LogP contribution in [0.4, 0.5) is 10.5 Å². The van der Waals surface area contributed by atoms with E-state index in [1.54, 1.807) is 18.6 Å². The van der Waals surface area contributed by atoms with Crippen molar-refractivity contribution in [1.82, 2.24) is 20.1 Å². The van der Waals surface area contributed by atoms with Crippen molar-refractivity contribution in [2.24, 2.45) is 0 Å². The Balaban J connectivity index is 1.73. The zero-order valence-electron chi connectivity index (χ0n) is 14.4. The quantitative estimate of drug-likeness (QED) is 0.750. The largest absolute Gasteiger partial charge is 0.334 e. The van der Waals surface area contributed by atoms with Gasteiger partial charge in [0.15, 0.2) is 0 Å². The van der Waals surface area contributed by atoms with Crippen LogP contribution in [0.15, 0.2) is 55.0 Å². The summed E-state index contributed by atoms with van der Waals surface area (Å²) in [6.45, 7) is 4.52. The summed E-state index contributed by atoms with van der Waals surface area (Å²) in [5.41, 5.74) is 4.78. The van der Waals surface area contributed by atoms with Crippen LogP contribution < -0.4 is 10.6 Å². The molecule has 2 amide bonds. The molecular weight excluding hydrogens is 314 g/mol. The van der Waals surface area contributed by atoms with Crippen molar-refractivity contribution in [3.05, 3.63) is 71.8 Å². The summed E-state index contributed by atoms with van der Waals surface area (Å²) in [4.78, 5) is 16.2. The Morgan fingerprint density at radius 3 is 2.72 bits per heavy atom. The molecule has 0 bridgehead atoms. The first-order valence-electron chi connectivity index (χ1n) is 8.25. The monoisotopic (exact) mass is 335 g/mol. The first-order chi connectivity index (χ1) is 12.2. The van der Waals surface area contributed by atoms with Crippen molar-refractivity contribution in [1.29, 1.82) is 0 Å². The highest BCUT2D eigenvalue weighted by molar-refractivity contribution is 5.89. The predicted octanol–water partition coefficient (Wildman–Crippen LogP) is 3.46. The number of hydrogen-bond donors (Lipinski definition) is 2. The van der Waals surface area contributed by atoms with Crippen molar-refractivity contribution < 1.29 is 4.79 Å². The fraction of sp³-hybridized carbons (Fsp3) is 0.211. The number of nitrogens with one attached hydrogen (secondary N) is 2. The van der Waals surface area contributed by atoms with Crippen molar-refractivity contribution in [2.75, 3.05) is 5.32 Å². The molecule has 0 atom stereocenters. The van der Waals surface area contributed by atoms with Gasteiger partial charge in [-0.3, -0.25) is 4.98 Å². The third-order valence-electron chi connectivity index (χ3n) is 3.97. The number of urea groups is 1. The maximum absolute atomic E-state index is 12.2. The molecule has 0 aliphatic carbocycles. The summed E-state index contributed by atoms with van der Waals surface area (Å²) in [5, 5.41) is 10.2. The molecule has 25 heavy (non-hydrogen) atoms. The molecule has 0 radical (unpaired) electrons. The molecule has 0 fully saturated rings. The Labute approximate surface area is 146 Å². The van der Waals surface area contributed by atoms with Gasteiger partial charge in [0.05, 0.1) is 23.3 Å². The molecule has 0 saturated heterocycles. The van der Waals surface area contributed by atoms with E-state index in [2.05, 4.69) is 20.7 Å². The maximum atomic E-state index is 12.2. The summed E-state index contributed by atoms with van der Waals surface area (Å²) in [6.07, 6.45) is 5.88. The van der Waals surface area contributed by atoms with Crippen molar-refractivity contribution in [3.63, 3.8) is 0 Å². The number of nitrogens with zero attached hydrogens (tertiary/aromatic N) is 3. The summed E-state index contributed by atoms with van der Waals surface area (Å²) in [7, 11) is 0. The van der Waals surface area contributed by atoms with Crippen LogP contribution in [-0.4, -0.2) is 20.8 Å². The predicted molar refractivity (Wildman–Crippen MR) is 97.8 cm³/mol. The van der Waals surface area contributed by atoms with Gasteiger partial charge in [0.1, 0.15) is 0 Å². The number of para-hydroxylation sites is 1. The lowest BCUT2D eigenvalue weighted by Gasteiger charge is -2.11. The van der Waals surface area contributed by atoms with Gasteiger partial charge in [-0.05, 0) is 36.6 Å². The Kier molecular flexibility index (Phi) is 5.09. The van der Waals surface area contributed by atoms with Gasteiger partial charge in [-0.25, -0.2) is 9.48 Å². The number of carbonyl (C=O) groups excluding carboxylic acids is 1. The fourth-order valence-corrected chi connectivity index (χ4v) is 2.68. The molecule has 128 valence electrons. The van der Waals surface area contributed by atoms with Crippen molar-refractivity contribution >= 4 is 11.7 Å². The third-order valence-corrected chi connectivity index (χ3v) is 3.97. The number of benzene rings is 1. The lowest BCUT2D eigenvalue weighted by Crippen LogP contribution is -2.28. The molecule has 2 aromatic heterocycles. The number of hydrogen-bond acceptors (Lipinski definition) is 3. The highest BCUT2D eigenvalue weighted by Crippen LogP contribution is 2.22. The van der Waals surface area contributed by atoms with E-state index >= 15 is 0 Å². The summed E-state index contributed by atoms with van der Waals surface area (Å²) in [6, 6.07) is 11.5. The maximum Gasteiger partial charge on any atom is 0.319 e. The average molecular weight is 335 g/mol. The van der Waals surface area contributed by atoms with E-state index < -0.39 is 0 Å². The summed E-state index contributed by atoms with van der Waals surface area (Å²) in [5.74, 6) is 0. The second-order valence-corrected chi connectivity index (χ2v) is 5.73. The van der Waals surface area contributed by atoms with Crippen LogP contribution >= 0.6 is 0 Å². The topological polar surface area (TPSA) is 71.8 Å². The summed E-state index contributed by atoms with van der Waals surface area (Å²) < 4.78 is 1.88. The number of aromatic nitrogens is 3. The van der Waals surface area contributed by atoms with Gasteiger partial charge < -0.3 is 10.6 Å². The van der Waals surface area contributed by atoms with Gasteiger partial charge in [0.25, 0.3) is 0 Å². The van der Waals surface area contributed by atoms with Crippen LogP contribution in [0.1, 0.15) is 23.7 Å². The first-order valence-corrected chi connectivity index (χ1v) is 8.25. The molecule has 2 heterocycles. The van der Waals surface area contributed by atoms with Gasteiger partial charge in [-0.1, -0.05) is 31.2 Å². The van der Waals surface area contributed by atoms with Crippen LogP contribution in [0.2, 0.25) is 0 Å². The van der Waals surface area contributed by atoms with Crippen LogP contribution in [0, 0.1) is 6.92 Å². The SMILES string of the molecule is CCc1c(NC(=O)NCc2cccnc2)cnn1-c1ccccc1C. The van der Waals surface area contributed by atoms with Crippen LogP contribution in [0.3, 0.4) is 0 Å².